The molecule has 0 radical (unpaired) electrons. The molecule has 1 saturated heterocycles. The number of anilines is 1. The number of ether oxygens (including phenoxy) is 1. The topological polar surface area (TPSA) is 107 Å². The molecule has 0 bridgehead atoms. The number of nitrogens with zero attached hydrogens (tertiary/aromatic N) is 6. The molecule has 4 aromatic rings. The molecule has 35 heavy (non-hydrogen) atoms. The predicted octanol–water partition coefficient (Wildman–Crippen LogP) is 2.52. The number of carbonyl (C=O) groups excluding carboxylic acids is 2. The van der Waals surface area contributed by atoms with Gasteiger partial charge in [0.25, 0.3) is 5.91 Å². The van der Waals surface area contributed by atoms with Crippen LogP contribution in [0.3, 0.4) is 0 Å². The van der Waals surface area contributed by atoms with Gasteiger partial charge in [0.2, 0.25) is 5.91 Å². The summed E-state index contributed by atoms with van der Waals surface area (Å²) in [5.74, 6) is -0.321. The number of hydrogen-bond donors (Lipinski definition) is 1. The van der Waals surface area contributed by atoms with Gasteiger partial charge in [-0.1, -0.05) is 17.4 Å². The third-order valence-corrected chi connectivity index (χ3v) is 7.04. The van der Waals surface area contributed by atoms with Crippen LogP contribution < -0.4 is 10.2 Å². The van der Waals surface area contributed by atoms with Gasteiger partial charge in [-0.15, -0.1) is 0 Å². The van der Waals surface area contributed by atoms with E-state index < -0.39 is 0 Å². The van der Waals surface area contributed by atoms with Crippen LogP contribution in [0.25, 0.3) is 5.65 Å². The van der Waals surface area contributed by atoms with Gasteiger partial charge in [0, 0.05) is 50.6 Å². The summed E-state index contributed by atoms with van der Waals surface area (Å²) in [4.78, 5) is 36.9. The highest BCUT2D eigenvalue weighted by molar-refractivity contribution is 7.17. The van der Waals surface area contributed by atoms with Gasteiger partial charge in [-0.2, -0.15) is 5.10 Å². The van der Waals surface area contributed by atoms with E-state index >= 15 is 0 Å². The van der Waals surface area contributed by atoms with Gasteiger partial charge in [0.05, 0.1) is 31.0 Å². The van der Waals surface area contributed by atoms with E-state index in [1.807, 2.05) is 49.1 Å². The summed E-state index contributed by atoms with van der Waals surface area (Å²) >= 11 is 1.21. The van der Waals surface area contributed by atoms with Crippen molar-refractivity contribution in [2.45, 2.75) is 38.8 Å². The molecule has 1 atom stereocenters. The lowest BCUT2D eigenvalue weighted by Crippen LogP contribution is -2.38. The lowest BCUT2D eigenvalue weighted by Gasteiger charge is -2.23. The molecular formula is C24H27N7O3S. The Labute approximate surface area is 206 Å². The lowest BCUT2D eigenvalue weighted by molar-refractivity contribution is -0.118. The van der Waals surface area contributed by atoms with E-state index in [9.17, 15) is 9.59 Å². The first-order chi connectivity index (χ1) is 17.0. The number of aryl methyl sites for hydroxylation is 2. The summed E-state index contributed by atoms with van der Waals surface area (Å²) in [5, 5.41) is 7.77. The first-order valence-corrected chi connectivity index (χ1v) is 12.3. The molecule has 0 aliphatic carbocycles. The maximum Gasteiger partial charge on any atom is 0.263 e. The first-order valence-electron chi connectivity index (χ1n) is 11.5. The van der Waals surface area contributed by atoms with Gasteiger partial charge < -0.3 is 14.5 Å². The zero-order valence-electron chi connectivity index (χ0n) is 19.7. The molecule has 182 valence electrons. The van der Waals surface area contributed by atoms with Crippen molar-refractivity contribution in [1.29, 1.82) is 0 Å². The second-order valence-electron chi connectivity index (χ2n) is 8.65. The Morgan fingerprint density at radius 3 is 2.94 bits per heavy atom. The molecule has 0 saturated carbocycles. The molecule has 0 spiro atoms. The van der Waals surface area contributed by atoms with Gasteiger partial charge in [-0.25, -0.2) is 9.97 Å². The van der Waals surface area contributed by atoms with E-state index in [0.717, 1.165) is 35.3 Å². The van der Waals surface area contributed by atoms with Crippen LogP contribution >= 0.6 is 11.3 Å². The molecule has 1 fully saturated rings. The number of hydrogen-bond acceptors (Lipinski definition) is 7. The predicted molar refractivity (Wildman–Crippen MR) is 131 cm³/mol. The van der Waals surface area contributed by atoms with Crippen LogP contribution in [-0.4, -0.2) is 55.2 Å². The number of rotatable bonds is 8. The fourth-order valence-corrected chi connectivity index (χ4v) is 5.05. The van der Waals surface area contributed by atoms with Gasteiger partial charge >= 0.3 is 0 Å². The fraction of sp³-hybridized carbons (Fsp3) is 0.375. The van der Waals surface area contributed by atoms with Gasteiger partial charge in [-0.05, 0) is 31.4 Å². The van der Waals surface area contributed by atoms with Crippen LogP contribution in [0.1, 0.15) is 39.3 Å². The Kier molecular flexibility index (Phi) is 6.60. The van der Waals surface area contributed by atoms with E-state index in [1.54, 1.807) is 15.8 Å². The summed E-state index contributed by atoms with van der Waals surface area (Å²) in [7, 11) is 1.84. The quantitative estimate of drug-likeness (QED) is 0.404. The van der Waals surface area contributed by atoms with Crippen LogP contribution in [0.2, 0.25) is 0 Å². The summed E-state index contributed by atoms with van der Waals surface area (Å²) < 4.78 is 9.40. The molecule has 1 unspecified atom stereocenters. The second kappa shape index (κ2) is 9.96. The van der Waals surface area contributed by atoms with Crippen molar-refractivity contribution >= 4 is 33.9 Å². The van der Waals surface area contributed by atoms with Gasteiger partial charge in [-0.3, -0.25) is 19.2 Å². The number of fused-ring (bicyclic) bond motifs is 1. The van der Waals surface area contributed by atoms with Gasteiger partial charge in [0.1, 0.15) is 10.5 Å². The van der Waals surface area contributed by atoms with Crippen molar-refractivity contribution < 1.29 is 14.3 Å². The van der Waals surface area contributed by atoms with Crippen molar-refractivity contribution in [3.63, 3.8) is 0 Å². The van der Waals surface area contributed by atoms with E-state index in [1.165, 1.54) is 17.5 Å². The Morgan fingerprint density at radius 1 is 1.29 bits per heavy atom. The molecule has 2 amide bonds. The minimum atomic E-state index is -0.230. The average molecular weight is 494 g/mol. The fourth-order valence-electron chi connectivity index (χ4n) is 4.19. The number of imidazole rings is 1. The third-order valence-electron chi connectivity index (χ3n) is 6.02. The third kappa shape index (κ3) is 5.25. The molecule has 10 nitrogen and oxygen atoms in total. The van der Waals surface area contributed by atoms with Gasteiger partial charge in [0.15, 0.2) is 5.13 Å². The Balaban J connectivity index is 1.29. The Hall–Kier alpha value is -3.57. The van der Waals surface area contributed by atoms with Crippen molar-refractivity contribution in [3.8, 4) is 0 Å². The highest BCUT2D eigenvalue weighted by atomic mass is 32.1. The molecule has 11 heteroatoms. The smallest absolute Gasteiger partial charge is 0.263 e. The van der Waals surface area contributed by atoms with E-state index in [2.05, 4.69) is 20.4 Å². The monoisotopic (exact) mass is 493 g/mol. The number of thiazole rings is 1. The number of amides is 2. The van der Waals surface area contributed by atoms with Crippen molar-refractivity contribution in [2.75, 3.05) is 18.1 Å². The molecule has 5 rings (SSSR count). The molecule has 5 heterocycles. The molecule has 0 aromatic carbocycles. The van der Waals surface area contributed by atoms with Crippen LogP contribution in [0.4, 0.5) is 5.13 Å². The zero-order chi connectivity index (χ0) is 24.4. The van der Waals surface area contributed by atoms with Crippen LogP contribution in [0, 0.1) is 6.92 Å². The van der Waals surface area contributed by atoms with Crippen LogP contribution in [0.15, 0.2) is 43.1 Å². The maximum absolute atomic E-state index is 13.3. The van der Waals surface area contributed by atoms with E-state index in [-0.39, 0.29) is 24.3 Å². The standard InChI is InChI=1S/C24H27N7O3S/c1-16-18(14-29(2)28-16)10-22(32)31(15-19-4-3-9-34-19)24-27-12-20(35-24)23(33)26-11-17-5-6-21-25-7-8-30(21)13-17/h5-8,12-14,19H,3-4,9-11,15H2,1-2H3,(H,26,33). The number of aromatic nitrogens is 5. The van der Waals surface area contributed by atoms with Crippen molar-refractivity contribution in [2.24, 2.45) is 7.05 Å². The molecule has 1 aliphatic rings. The van der Waals surface area contributed by atoms with Crippen LogP contribution in [0.5, 0.6) is 0 Å². The Bertz CT molecular complexity index is 1350. The highest BCUT2D eigenvalue weighted by Gasteiger charge is 2.27. The van der Waals surface area contributed by atoms with Crippen LogP contribution in [-0.2, 0) is 29.5 Å². The summed E-state index contributed by atoms with van der Waals surface area (Å²) in [6.07, 6.45) is 11.0. The average Bonchev–Trinajstić information content (AvgIpc) is 3.64. The normalized spacial score (nSPS) is 15.5. The molecule has 4 aromatic heterocycles. The maximum atomic E-state index is 13.3. The summed E-state index contributed by atoms with van der Waals surface area (Å²) in [6, 6.07) is 3.84. The summed E-state index contributed by atoms with van der Waals surface area (Å²) in [6.45, 7) is 3.38. The highest BCUT2D eigenvalue weighted by Crippen LogP contribution is 2.26. The SMILES string of the molecule is Cc1nn(C)cc1CC(=O)N(CC1CCCO1)c1ncc(C(=O)NCc2ccc3nccn3c2)s1. The number of nitrogens with one attached hydrogen (secondary N) is 1. The second-order valence-corrected chi connectivity index (χ2v) is 9.66. The molecule has 1 aliphatic heterocycles. The number of pyridine rings is 1. The first kappa shape index (κ1) is 23.2. The lowest BCUT2D eigenvalue weighted by atomic mass is 10.1. The van der Waals surface area contributed by atoms with E-state index in [0.29, 0.717) is 29.7 Å². The minimum Gasteiger partial charge on any atom is -0.376 e. The summed E-state index contributed by atoms with van der Waals surface area (Å²) in [5.41, 5.74) is 3.51. The van der Waals surface area contributed by atoms with Crippen molar-refractivity contribution in [1.82, 2.24) is 29.5 Å². The molecule has 1 N–H and O–H groups in total. The molecular weight excluding hydrogens is 466 g/mol. The zero-order valence-corrected chi connectivity index (χ0v) is 20.5. The van der Waals surface area contributed by atoms with E-state index in [4.69, 9.17) is 4.74 Å². The number of carbonyl (C=O) groups is 2. The largest absolute Gasteiger partial charge is 0.376 e. The Morgan fingerprint density at radius 2 is 2.17 bits per heavy atom. The minimum absolute atomic E-state index is 0.0341. The van der Waals surface area contributed by atoms with Crippen molar-refractivity contribution in [3.05, 3.63) is 64.8 Å².